The summed E-state index contributed by atoms with van der Waals surface area (Å²) in [5.41, 5.74) is 0. The first-order chi connectivity index (χ1) is 4.79. The lowest BCUT2D eigenvalue weighted by molar-refractivity contribution is 0.0760. The molecule has 1 aliphatic heterocycles. The van der Waals surface area contributed by atoms with Crippen molar-refractivity contribution in [1.29, 1.82) is 0 Å². The van der Waals surface area contributed by atoms with Gasteiger partial charge in [0.15, 0.2) is 0 Å². The molecule has 0 aromatic carbocycles. The monoisotopic (exact) mass is 179 g/mol. The highest BCUT2D eigenvalue weighted by Gasteiger charge is 2.13. The van der Waals surface area contributed by atoms with Crippen molar-refractivity contribution in [3.8, 4) is 0 Å². The molecule has 0 atom stereocenters. The van der Waals surface area contributed by atoms with E-state index in [0.29, 0.717) is 12.1 Å². The van der Waals surface area contributed by atoms with E-state index in [1.54, 1.807) is 0 Å². The number of ether oxygens (including phenoxy) is 1. The van der Waals surface area contributed by atoms with Crippen molar-refractivity contribution in [2.45, 2.75) is 38.8 Å². The van der Waals surface area contributed by atoms with Crippen LogP contribution < -0.4 is 5.32 Å². The Kier molecular flexibility index (Phi) is 5.92. The number of hydrogen-bond acceptors (Lipinski definition) is 2. The highest BCUT2D eigenvalue weighted by Crippen LogP contribution is 2.06. The van der Waals surface area contributed by atoms with Crippen LogP contribution in [-0.4, -0.2) is 25.3 Å². The van der Waals surface area contributed by atoms with Gasteiger partial charge in [0.05, 0.1) is 0 Å². The van der Waals surface area contributed by atoms with Crippen molar-refractivity contribution >= 4 is 12.4 Å². The zero-order chi connectivity index (χ0) is 7.40. The number of halogens is 1. The zero-order valence-electron chi connectivity index (χ0n) is 7.30. The zero-order valence-corrected chi connectivity index (χ0v) is 8.12. The Bertz CT molecular complexity index is 92.1. The molecule has 1 N–H and O–H groups in total. The van der Waals surface area contributed by atoms with Crippen LogP contribution in [0.1, 0.15) is 26.7 Å². The Labute approximate surface area is 75.1 Å². The normalized spacial score (nSPS) is 19.9. The van der Waals surface area contributed by atoms with E-state index in [1.165, 1.54) is 12.8 Å². The van der Waals surface area contributed by atoms with Crippen LogP contribution in [0.15, 0.2) is 0 Å². The van der Waals surface area contributed by atoms with Crippen molar-refractivity contribution in [3.63, 3.8) is 0 Å². The van der Waals surface area contributed by atoms with Gasteiger partial charge in [-0.2, -0.15) is 0 Å². The molecule has 1 fully saturated rings. The van der Waals surface area contributed by atoms with Crippen molar-refractivity contribution < 1.29 is 4.74 Å². The minimum absolute atomic E-state index is 0. The highest BCUT2D eigenvalue weighted by molar-refractivity contribution is 5.85. The van der Waals surface area contributed by atoms with E-state index in [2.05, 4.69) is 19.2 Å². The minimum Gasteiger partial charge on any atom is -0.381 e. The summed E-state index contributed by atoms with van der Waals surface area (Å²) < 4.78 is 5.24. The molecule has 3 heteroatoms. The van der Waals surface area contributed by atoms with Gasteiger partial charge in [-0.15, -0.1) is 12.4 Å². The molecule has 68 valence electrons. The predicted octanol–water partition coefficient (Wildman–Crippen LogP) is 1.59. The Hall–Kier alpha value is 0.210. The van der Waals surface area contributed by atoms with E-state index >= 15 is 0 Å². The molecule has 1 aliphatic rings. The first-order valence-corrected chi connectivity index (χ1v) is 4.13. The summed E-state index contributed by atoms with van der Waals surface area (Å²) in [6.45, 7) is 6.25. The molecule has 0 spiro atoms. The molecule has 11 heavy (non-hydrogen) atoms. The van der Waals surface area contributed by atoms with E-state index in [9.17, 15) is 0 Å². The fourth-order valence-corrected chi connectivity index (χ4v) is 1.34. The fraction of sp³-hybridized carbons (Fsp3) is 1.00. The quantitative estimate of drug-likeness (QED) is 0.695. The summed E-state index contributed by atoms with van der Waals surface area (Å²) in [6, 6.07) is 1.32. The van der Waals surface area contributed by atoms with Gasteiger partial charge >= 0.3 is 0 Å². The highest BCUT2D eigenvalue weighted by atomic mass is 35.5. The van der Waals surface area contributed by atoms with Gasteiger partial charge in [0.1, 0.15) is 0 Å². The minimum atomic E-state index is 0. The first kappa shape index (κ1) is 11.2. The number of hydrogen-bond donors (Lipinski definition) is 1. The second kappa shape index (κ2) is 5.81. The fourth-order valence-electron chi connectivity index (χ4n) is 1.34. The van der Waals surface area contributed by atoms with Gasteiger partial charge in [0.2, 0.25) is 0 Å². The molecule has 0 aliphatic carbocycles. The van der Waals surface area contributed by atoms with Crippen LogP contribution in [-0.2, 0) is 4.74 Å². The second-order valence-corrected chi connectivity index (χ2v) is 3.21. The molecule has 1 rings (SSSR count). The summed E-state index contributed by atoms with van der Waals surface area (Å²) in [5, 5.41) is 3.50. The lowest BCUT2D eigenvalue weighted by atomic mass is 10.1. The summed E-state index contributed by atoms with van der Waals surface area (Å²) in [7, 11) is 0. The average molecular weight is 180 g/mol. The van der Waals surface area contributed by atoms with Crippen LogP contribution in [0.4, 0.5) is 0 Å². The van der Waals surface area contributed by atoms with E-state index in [4.69, 9.17) is 4.74 Å². The third-order valence-corrected chi connectivity index (χ3v) is 1.79. The third kappa shape index (κ3) is 4.62. The maximum absolute atomic E-state index is 5.24. The van der Waals surface area contributed by atoms with Gasteiger partial charge in [0, 0.05) is 25.3 Å². The standard InChI is InChI=1S/C8H17NO.ClH/c1-7(2)9-8-3-5-10-6-4-8;/h7-9H,3-6H2,1-2H3;1H. The summed E-state index contributed by atoms with van der Waals surface area (Å²) in [4.78, 5) is 0. The van der Waals surface area contributed by atoms with Crippen LogP contribution in [0.3, 0.4) is 0 Å². The van der Waals surface area contributed by atoms with E-state index in [1.807, 2.05) is 0 Å². The molecule has 2 nitrogen and oxygen atoms in total. The van der Waals surface area contributed by atoms with Crippen LogP contribution in [0.5, 0.6) is 0 Å². The third-order valence-electron chi connectivity index (χ3n) is 1.79. The van der Waals surface area contributed by atoms with Crippen molar-refractivity contribution in [1.82, 2.24) is 5.32 Å². The molecule has 1 heterocycles. The lowest BCUT2D eigenvalue weighted by Crippen LogP contribution is -2.38. The molecular formula is C8H18ClNO. The molecule has 0 aromatic heterocycles. The van der Waals surface area contributed by atoms with Crippen molar-refractivity contribution in [2.75, 3.05) is 13.2 Å². The maximum atomic E-state index is 5.24. The Morgan fingerprint density at radius 2 is 1.82 bits per heavy atom. The average Bonchev–Trinajstić information content (AvgIpc) is 1.88. The second-order valence-electron chi connectivity index (χ2n) is 3.21. The SMILES string of the molecule is CC(C)NC1CCOCC1.Cl. The van der Waals surface area contributed by atoms with E-state index in [0.717, 1.165) is 13.2 Å². The van der Waals surface area contributed by atoms with Gasteiger partial charge in [0.25, 0.3) is 0 Å². The Morgan fingerprint density at radius 3 is 2.27 bits per heavy atom. The van der Waals surface area contributed by atoms with Crippen LogP contribution in [0, 0.1) is 0 Å². The van der Waals surface area contributed by atoms with Crippen LogP contribution in [0.25, 0.3) is 0 Å². The molecule has 0 unspecified atom stereocenters. The van der Waals surface area contributed by atoms with Gasteiger partial charge in [-0.1, -0.05) is 13.8 Å². The predicted molar refractivity (Wildman–Crippen MR) is 49.4 cm³/mol. The molecule has 0 saturated carbocycles. The Balaban J connectivity index is 0.000001000. The van der Waals surface area contributed by atoms with Crippen molar-refractivity contribution in [3.05, 3.63) is 0 Å². The van der Waals surface area contributed by atoms with E-state index in [-0.39, 0.29) is 12.4 Å². The molecule has 0 aromatic rings. The molecule has 0 radical (unpaired) electrons. The van der Waals surface area contributed by atoms with Crippen molar-refractivity contribution in [2.24, 2.45) is 0 Å². The van der Waals surface area contributed by atoms with Crippen LogP contribution in [0.2, 0.25) is 0 Å². The smallest absolute Gasteiger partial charge is 0.0480 e. The maximum Gasteiger partial charge on any atom is 0.0480 e. The number of rotatable bonds is 2. The molecule has 0 amide bonds. The van der Waals surface area contributed by atoms with Gasteiger partial charge in [-0.3, -0.25) is 0 Å². The molecular weight excluding hydrogens is 162 g/mol. The summed E-state index contributed by atoms with van der Waals surface area (Å²) >= 11 is 0. The van der Waals surface area contributed by atoms with E-state index < -0.39 is 0 Å². The Morgan fingerprint density at radius 1 is 1.27 bits per heavy atom. The van der Waals surface area contributed by atoms with Gasteiger partial charge < -0.3 is 10.1 Å². The topological polar surface area (TPSA) is 21.3 Å². The molecule has 1 saturated heterocycles. The van der Waals surface area contributed by atoms with Gasteiger partial charge in [-0.25, -0.2) is 0 Å². The largest absolute Gasteiger partial charge is 0.381 e. The summed E-state index contributed by atoms with van der Waals surface area (Å²) in [6.07, 6.45) is 2.36. The lowest BCUT2D eigenvalue weighted by Gasteiger charge is -2.24. The first-order valence-electron chi connectivity index (χ1n) is 4.13. The summed E-state index contributed by atoms with van der Waals surface area (Å²) in [5.74, 6) is 0. The molecule has 0 bridgehead atoms. The number of nitrogens with one attached hydrogen (secondary N) is 1. The van der Waals surface area contributed by atoms with Crippen LogP contribution >= 0.6 is 12.4 Å². The van der Waals surface area contributed by atoms with Gasteiger partial charge in [-0.05, 0) is 12.8 Å².